The maximum Gasteiger partial charge on any atom is 0.253 e. The van der Waals surface area contributed by atoms with Crippen LogP contribution in [0.5, 0.6) is 0 Å². The molecule has 0 fully saturated rings. The number of nitrogens with zero attached hydrogens (tertiary/aromatic N) is 1. The van der Waals surface area contributed by atoms with E-state index in [-0.39, 0.29) is 11.8 Å². The molecule has 0 aliphatic rings. The molecule has 0 unspecified atom stereocenters. The van der Waals surface area contributed by atoms with Crippen LogP contribution in [0.1, 0.15) is 43.0 Å². The number of nitrogens with one attached hydrogen (secondary N) is 2. The van der Waals surface area contributed by atoms with Crippen molar-refractivity contribution in [2.24, 2.45) is 0 Å². The molecule has 1 aromatic heterocycles. The highest BCUT2D eigenvalue weighted by atomic mass is 16.2. The van der Waals surface area contributed by atoms with Gasteiger partial charge in [0.05, 0.1) is 11.1 Å². The summed E-state index contributed by atoms with van der Waals surface area (Å²) in [5, 5.41) is 5.72. The zero-order valence-corrected chi connectivity index (χ0v) is 16.0. The van der Waals surface area contributed by atoms with Crippen molar-refractivity contribution in [2.45, 2.75) is 26.9 Å². The molecule has 3 rings (SSSR count). The SMILES string of the molecule is Cc1cccc(CNC(=O)c2cncc(C(=O)NCc3cccc(C)c3)c2)c1. The number of amides is 2. The van der Waals surface area contributed by atoms with Crippen molar-refractivity contribution < 1.29 is 9.59 Å². The topological polar surface area (TPSA) is 71.1 Å². The fraction of sp³-hybridized carbons (Fsp3) is 0.174. The van der Waals surface area contributed by atoms with E-state index in [2.05, 4.69) is 15.6 Å². The van der Waals surface area contributed by atoms with Gasteiger partial charge in [-0.1, -0.05) is 59.7 Å². The van der Waals surface area contributed by atoms with E-state index in [1.165, 1.54) is 12.4 Å². The minimum absolute atomic E-state index is 0.262. The average Bonchev–Trinajstić information content (AvgIpc) is 2.70. The molecule has 5 heteroatoms. The van der Waals surface area contributed by atoms with Gasteiger partial charge in [-0.3, -0.25) is 14.6 Å². The third-order valence-electron chi connectivity index (χ3n) is 4.33. The molecular weight excluding hydrogens is 350 g/mol. The van der Waals surface area contributed by atoms with E-state index in [1.807, 2.05) is 62.4 Å². The lowest BCUT2D eigenvalue weighted by atomic mass is 10.1. The largest absolute Gasteiger partial charge is 0.348 e. The molecule has 3 aromatic rings. The van der Waals surface area contributed by atoms with E-state index in [0.717, 1.165) is 22.3 Å². The van der Waals surface area contributed by atoms with Gasteiger partial charge in [-0.05, 0) is 31.0 Å². The average molecular weight is 373 g/mol. The Morgan fingerprint density at radius 1 is 0.750 bits per heavy atom. The van der Waals surface area contributed by atoms with Crippen molar-refractivity contribution in [1.29, 1.82) is 0 Å². The first-order valence-corrected chi connectivity index (χ1v) is 9.14. The van der Waals surface area contributed by atoms with E-state index in [4.69, 9.17) is 0 Å². The summed E-state index contributed by atoms with van der Waals surface area (Å²) >= 11 is 0. The Morgan fingerprint density at radius 2 is 1.21 bits per heavy atom. The highest BCUT2D eigenvalue weighted by Crippen LogP contribution is 2.07. The van der Waals surface area contributed by atoms with Gasteiger partial charge in [0.15, 0.2) is 0 Å². The molecule has 2 aromatic carbocycles. The molecule has 1 heterocycles. The second kappa shape index (κ2) is 8.95. The quantitative estimate of drug-likeness (QED) is 0.694. The first kappa shape index (κ1) is 19.3. The van der Waals surface area contributed by atoms with Gasteiger partial charge in [0, 0.05) is 25.5 Å². The molecule has 0 saturated heterocycles. The Labute approximate surface area is 164 Å². The Balaban J connectivity index is 1.60. The molecule has 5 nitrogen and oxygen atoms in total. The molecular formula is C23H23N3O2. The van der Waals surface area contributed by atoms with Gasteiger partial charge in [0.25, 0.3) is 11.8 Å². The summed E-state index contributed by atoms with van der Waals surface area (Å²) < 4.78 is 0. The van der Waals surface area contributed by atoms with Crippen molar-refractivity contribution in [3.63, 3.8) is 0 Å². The van der Waals surface area contributed by atoms with E-state index in [1.54, 1.807) is 6.07 Å². The lowest BCUT2D eigenvalue weighted by molar-refractivity contribution is 0.0950. The van der Waals surface area contributed by atoms with Gasteiger partial charge < -0.3 is 10.6 Å². The number of pyridine rings is 1. The van der Waals surface area contributed by atoms with E-state index in [9.17, 15) is 9.59 Å². The van der Waals surface area contributed by atoms with Crippen LogP contribution < -0.4 is 10.6 Å². The summed E-state index contributed by atoms with van der Waals surface area (Å²) in [6, 6.07) is 17.4. The van der Waals surface area contributed by atoms with Crippen molar-refractivity contribution in [2.75, 3.05) is 0 Å². The third-order valence-corrected chi connectivity index (χ3v) is 4.33. The van der Waals surface area contributed by atoms with Crippen LogP contribution >= 0.6 is 0 Å². The van der Waals surface area contributed by atoms with E-state index < -0.39 is 0 Å². The highest BCUT2D eigenvalue weighted by Gasteiger charge is 2.11. The summed E-state index contributed by atoms with van der Waals surface area (Å²) in [5.74, 6) is -0.523. The summed E-state index contributed by atoms with van der Waals surface area (Å²) in [6.45, 7) is 4.86. The van der Waals surface area contributed by atoms with Gasteiger partial charge in [-0.2, -0.15) is 0 Å². The van der Waals surface area contributed by atoms with Gasteiger partial charge in [0.1, 0.15) is 0 Å². The van der Waals surface area contributed by atoms with Crippen molar-refractivity contribution in [3.8, 4) is 0 Å². The number of carbonyl (C=O) groups is 2. The second-order valence-corrected chi connectivity index (χ2v) is 6.81. The van der Waals surface area contributed by atoms with Crippen LogP contribution in [-0.2, 0) is 13.1 Å². The predicted octanol–water partition coefficient (Wildman–Crippen LogP) is 3.56. The lowest BCUT2D eigenvalue weighted by Gasteiger charge is -2.08. The molecule has 0 aliphatic carbocycles. The van der Waals surface area contributed by atoms with Crippen LogP contribution in [0, 0.1) is 13.8 Å². The van der Waals surface area contributed by atoms with Gasteiger partial charge in [-0.25, -0.2) is 0 Å². The molecule has 2 amide bonds. The fourth-order valence-electron chi connectivity index (χ4n) is 2.90. The van der Waals surface area contributed by atoms with Crippen LogP contribution in [-0.4, -0.2) is 16.8 Å². The summed E-state index contributed by atoms with van der Waals surface area (Å²) in [5.41, 5.74) is 5.04. The number of aromatic nitrogens is 1. The third kappa shape index (κ3) is 5.27. The van der Waals surface area contributed by atoms with Crippen molar-refractivity contribution in [1.82, 2.24) is 15.6 Å². The van der Waals surface area contributed by atoms with Gasteiger partial charge in [-0.15, -0.1) is 0 Å². The first-order valence-electron chi connectivity index (χ1n) is 9.14. The number of aryl methyl sites for hydroxylation is 2. The fourth-order valence-corrected chi connectivity index (χ4v) is 2.90. The van der Waals surface area contributed by atoms with E-state index in [0.29, 0.717) is 24.2 Å². The number of rotatable bonds is 6. The number of hydrogen-bond donors (Lipinski definition) is 2. The van der Waals surface area contributed by atoms with Crippen LogP contribution in [0.2, 0.25) is 0 Å². The molecule has 0 spiro atoms. The monoisotopic (exact) mass is 373 g/mol. The number of carbonyl (C=O) groups excluding carboxylic acids is 2. The first-order chi connectivity index (χ1) is 13.5. The van der Waals surface area contributed by atoms with Gasteiger partial charge >= 0.3 is 0 Å². The second-order valence-electron chi connectivity index (χ2n) is 6.81. The zero-order chi connectivity index (χ0) is 19.9. The minimum Gasteiger partial charge on any atom is -0.348 e. The maximum absolute atomic E-state index is 12.4. The summed E-state index contributed by atoms with van der Waals surface area (Å²) in [6.07, 6.45) is 2.92. The Bertz CT molecular complexity index is 922. The molecule has 0 radical (unpaired) electrons. The molecule has 0 bridgehead atoms. The van der Waals surface area contributed by atoms with Crippen LogP contribution in [0.3, 0.4) is 0 Å². The summed E-state index contributed by atoms with van der Waals surface area (Å²) in [7, 11) is 0. The highest BCUT2D eigenvalue weighted by molar-refractivity contribution is 5.99. The molecule has 142 valence electrons. The maximum atomic E-state index is 12.4. The van der Waals surface area contributed by atoms with Gasteiger partial charge in [0.2, 0.25) is 0 Å². The minimum atomic E-state index is -0.262. The molecule has 0 aliphatic heterocycles. The normalized spacial score (nSPS) is 10.4. The zero-order valence-electron chi connectivity index (χ0n) is 16.0. The molecule has 2 N–H and O–H groups in total. The summed E-state index contributed by atoms with van der Waals surface area (Å²) in [4.78, 5) is 28.9. The Kier molecular flexibility index (Phi) is 6.17. The lowest BCUT2D eigenvalue weighted by Crippen LogP contribution is -2.25. The standard InChI is InChI=1S/C23H23N3O2/c1-16-5-3-7-18(9-16)12-25-22(27)20-11-21(15-24-14-20)23(28)26-13-19-8-4-6-17(2)10-19/h3-11,14-15H,12-13H2,1-2H3,(H,25,27)(H,26,28). The van der Waals surface area contributed by atoms with Crippen LogP contribution in [0.25, 0.3) is 0 Å². The molecule has 0 saturated carbocycles. The molecule has 28 heavy (non-hydrogen) atoms. The smallest absolute Gasteiger partial charge is 0.253 e. The van der Waals surface area contributed by atoms with Crippen LogP contribution in [0.4, 0.5) is 0 Å². The van der Waals surface area contributed by atoms with Crippen LogP contribution in [0.15, 0.2) is 67.0 Å². The van der Waals surface area contributed by atoms with E-state index >= 15 is 0 Å². The predicted molar refractivity (Wildman–Crippen MR) is 109 cm³/mol. The van der Waals surface area contributed by atoms with Crippen molar-refractivity contribution in [3.05, 3.63) is 100 Å². The Morgan fingerprint density at radius 3 is 1.64 bits per heavy atom. The Hall–Kier alpha value is -3.47. The van der Waals surface area contributed by atoms with Crippen molar-refractivity contribution >= 4 is 11.8 Å². The number of benzene rings is 2. The number of hydrogen-bond acceptors (Lipinski definition) is 3. The molecule has 0 atom stereocenters.